The van der Waals surface area contributed by atoms with Gasteiger partial charge in [0.05, 0.1) is 12.5 Å². The number of nitrogens with one attached hydrogen (secondary N) is 6. The van der Waals surface area contributed by atoms with Crippen LogP contribution in [0.5, 0.6) is 0 Å². The van der Waals surface area contributed by atoms with Crippen LogP contribution >= 0.6 is 0 Å². The zero-order valence-corrected chi connectivity index (χ0v) is 38.6. The van der Waals surface area contributed by atoms with E-state index in [4.69, 9.17) is 34.4 Å². The maximum atomic E-state index is 14.4. The topological polar surface area (TPSA) is 415 Å². The lowest BCUT2D eigenvalue weighted by Gasteiger charge is -2.29. The number of hydrogen-bond donors (Lipinski definition) is 13. The van der Waals surface area contributed by atoms with Crippen LogP contribution in [0.2, 0.25) is 0 Å². The molecular weight excluding hydrogens is 883 g/mol. The third-order valence-corrected chi connectivity index (χ3v) is 10.9. The zero-order chi connectivity index (χ0) is 50.8. The van der Waals surface area contributed by atoms with Gasteiger partial charge in [-0.3, -0.25) is 48.1 Å². The fourth-order valence-electron chi connectivity index (χ4n) is 6.80. The van der Waals surface area contributed by atoms with E-state index in [0.29, 0.717) is 36.9 Å². The number of primary amides is 2. The van der Waals surface area contributed by atoms with E-state index in [0.717, 1.165) is 0 Å². The predicted molar refractivity (Wildman–Crippen MR) is 252 cm³/mol. The minimum atomic E-state index is -1.63. The molecule has 0 radical (unpaired) electrons. The van der Waals surface area contributed by atoms with Gasteiger partial charge in [-0.1, -0.05) is 87.4 Å². The van der Waals surface area contributed by atoms with Gasteiger partial charge in [-0.25, -0.2) is 0 Å². The molecule has 0 saturated heterocycles. The number of aliphatic carboxylic acids is 1. The van der Waals surface area contributed by atoms with Crippen LogP contribution in [-0.2, 0) is 56.0 Å². The molecule has 0 aliphatic heterocycles. The number of unbranched alkanes of at least 4 members (excludes halogenated alkanes) is 1. The highest BCUT2D eigenvalue weighted by Gasteiger charge is 2.35. The van der Waals surface area contributed by atoms with Crippen molar-refractivity contribution in [1.82, 2.24) is 31.9 Å². The lowest BCUT2D eigenvalue weighted by Crippen LogP contribution is -2.61. The Morgan fingerprint density at radius 3 is 1.59 bits per heavy atom. The number of benzene rings is 2. The van der Waals surface area contributed by atoms with Crippen LogP contribution in [0.1, 0.15) is 82.8 Å². The van der Waals surface area contributed by atoms with Crippen molar-refractivity contribution in [3.63, 3.8) is 0 Å². The van der Waals surface area contributed by atoms with Crippen LogP contribution < -0.4 is 66.3 Å². The molecule has 0 aliphatic rings. The van der Waals surface area contributed by atoms with Crippen molar-refractivity contribution < 1.29 is 48.3 Å². The van der Waals surface area contributed by atoms with Crippen molar-refractivity contribution in [2.45, 2.75) is 127 Å². The van der Waals surface area contributed by atoms with E-state index in [1.807, 2.05) is 0 Å². The Balaban J connectivity index is 2.46. The molecule has 0 heterocycles. The van der Waals surface area contributed by atoms with Gasteiger partial charge < -0.3 is 71.4 Å². The van der Waals surface area contributed by atoms with Gasteiger partial charge in [0.25, 0.3) is 0 Å². The molecule has 0 saturated carbocycles. The third kappa shape index (κ3) is 21.4. The molecule has 19 N–H and O–H groups in total. The molecule has 0 spiro atoms. The van der Waals surface area contributed by atoms with E-state index in [2.05, 4.69) is 36.9 Å². The molecule has 2 aromatic carbocycles. The molecule has 0 aliphatic carbocycles. The second kappa shape index (κ2) is 30.2. The van der Waals surface area contributed by atoms with E-state index < -0.39 is 121 Å². The summed E-state index contributed by atoms with van der Waals surface area (Å²) >= 11 is 0. The summed E-state index contributed by atoms with van der Waals surface area (Å²) in [5.41, 5.74) is 34.8. The van der Waals surface area contributed by atoms with E-state index >= 15 is 0 Å². The number of nitrogens with zero attached hydrogens (tertiary/aromatic N) is 1. The zero-order valence-electron chi connectivity index (χ0n) is 38.6. The van der Waals surface area contributed by atoms with Gasteiger partial charge >= 0.3 is 5.97 Å². The van der Waals surface area contributed by atoms with Crippen LogP contribution in [0.15, 0.2) is 65.7 Å². The van der Waals surface area contributed by atoms with Crippen LogP contribution in [0, 0.1) is 5.92 Å². The Labute approximate surface area is 395 Å². The molecular formula is C45H69N13O10. The third-order valence-electron chi connectivity index (χ3n) is 10.9. The van der Waals surface area contributed by atoms with Gasteiger partial charge in [-0.2, -0.15) is 0 Å². The van der Waals surface area contributed by atoms with E-state index in [9.17, 15) is 48.3 Å². The first kappa shape index (κ1) is 57.0. The number of nitrogens with two attached hydrogens (primary N) is 6. The number of aliphatic imine (C=N–C) groups is 1. The fourth-order valence-corrected chi connectivity index (χ4v) is 6.80. The molecule has 1 unspecified atom stereocenters. The summed E-state index contributed by atoms with van der Waals surface area (Å²) in [5.74, 6) is -9.14. The van der Waals surface area contributed by atoms with E-state index in [1.54, 1.807) is 74.5 Å². The van der Waals surface area contributed by atoms with E-state index in [-0.39, 0.29) is 44.6 Å². The highest BCUT2D eigenvalue weighted by atomic mass is 16.4. The SMILES string of the molecule is CCC(C)[C@H](NC(=O)[C@H](Cc1ccccc1)NC(=O)[C@H](CCC(=O)O)NC(=O)[C@H](CC(N)=O)NC(=O)[C@@H](N)CCCCN)C(=O)N[C@@H](CCCN=C(N)N)C(=O)N[C@@H](Cc1ccccc1)C(N)=O. The number of amides is 8. The molecule has 8 atom stereocenters. The summed E-state index contributed by atoms with van der Waals surface area (Å²) in [7, 11) is 0. The summed E-state index contributed by atoms with van der Waals surface area (Å²) in [6.45, 7) is 3.90. The Hall–Kier alpha value is -7.14. The molecule has 2 rings (SSSR count). The molecule has 0 aromatic heterocycles. The van der Waals surface area contributed by atoms with Gasteiger partial charge in [-0.15, -0.1) is 0 Å². The number of carbonyl (C=O) groups excluding carboxylic acids is 8. The second-order valence-corrected chi connectivity index (χ2v) is 16.4. The van der Waals surface area contributed by atoms with Crippen molar-refractivity contribution in [2.75, 3.05) is 13.1 Å². The van der Waals surface area contributed by atoms with Gasteiger partial charge in [0.15, 0.2) is 5.96 Å². The fraction of sp³-hybridized carbons (Fsp3) is 0.511. The van der Waals surface area contributed by atoms with Gasteiger partial charge in [-0.05, 0) is 55.7 Å². The highest BCUT2D eigenvalue weighted by molar-refractivity contribution is 5.98. The lowest BCUT2D eigenvalue weighted by atomic mass is 9.96. The molecule has 0 fully saturated rings. The molecule has 23 nitrogen and oxygen atoms in total. The van der Waals surface area contributed by atoms with Crippen molar-refractivity contribution in [1.29, 1.82) is 0 Å². The lowest BCUT2D eigenvalue weighted by molar-refractivity contribution is -0.138. The predicted octanol–water partition coefficient (Wildman–Crippen LogP) is -2.84. The number of carboxylic acids is 1. The number of carboxylic acid groups (broad SMARTS) is 1. The van der Waals surface area contributed by atoms with E-state index in [1.165, 1.54) is 0 Å². The summed E-state index contributed by atoms with van der Waals surface area (Å²) < 4.78 is 0. The maximum absolute atomic E-state index is 14.4. The number of carbonyl (C=O) groups is 9. The number of rotatable bonds is 32. The van der Waals surface area contributed by atoms with Crippen molar-refractivity contribution in [2.24, 2.45) is 45.3 Å². The number of guanidine groups is 1. The molecule has 68 heavy (non-hydrogen) atoms. The Morgan fingerprint density at radius 1 is 0.588 bits per heavy atom. The van der Waals surface area contributed by atoms with Crippen molar-refractivity contribution >= 4 is 59.2 Å². The summed E-state index contributed by atoms with van der Waals surface area (Å²) in [5, 5.41) is 24.9. The minimum absolute atomic E-state index is 0.00589. The summed E-state index contributed by atoms with van der Waals surface area (Å²) in [6, 6.07) is 7.77. The van der Waals surface area contributed by atoms with Crippen LogP contribution in [0.4, 0.5) is 0 Å². The standard InChI is InChI=1S/C45H69N13O10/c1-3-26(2)37(44(68)54-30(18-12-22-52-45(50)51)40(64)55-32(38(49)62)23-27-13-6-4-7-14-27)58-43(67)33(24-28-15-8-5-9-16-28)57-41(65)31(19-20-36(60)61)53-42(66)34(25-35(48)59)56-39(63)29(47)17-10-11-21-46/h4-9,13-16,26,29-34,37H,3,10-12,17-25,46-47H2,1-2H3,(H2,48,59)(H2,49,62)(H,53,66)(H,54,68)(H,55,64)(H,56,63)(H,57,65)(H,58,67)(H,60,61)(H4,50,51,52)/t26?,29-,30-,31-,32-,33-,34-,37-/m0/s1. The van der Waals surface area contributed by atoms with Crippen LogP contribution in [0.25, 0.3) is 0 Å². The maximum Gasteiger partial charge on any atom is 0.303 e. The minimum Gasteiger partial charge on any atom is -0.481 e. The Morgan fingerprint density at radius 2 is 1.07 bits per heavy atom. The molecule has 23 heteroatoms. The van der Waals surface area contributed by atoms with Gasteiger partial charge in [0, 0.05) is 25.8 Å². The first-order valence-electron chi connectivity index (χ1n) is 22.5. The largest absolute Gasteiger partial charge is 0.481 e. The van der Waals surface area contributed by atoms with Crippen molar-refractivity contribution in [3.8, 4) is 0 Å². The summed E-state index contributed by atoms with van der Waals surface area (Å²) in [4.78, 5) is 123. The quantitative estimate of drug-likeness (QED) is 0.0200. The van der Waals surface area contributed by atoms with Gasteiger partial charge in [0.2, 0.25) is 47.3 Å². The first-order valence-corrected chi connectivity index (χ1v) is 22.5. The summed E-state index contributed by atoms with van der Waals surface area (Å²) in [6.07, 6.45) is -0.0572. The highest BCUT2D eigenvalue weighted by Crippen LogP contribution is 2.13. The van der Waals surface area contributed by atoms with Crippen molar-refractivity contribution in [3.05, 3.63) is 71.8 Å². The average Bonchev–Trinajstić information content (AvgIpc) is 3.29. The molecule has 374 valence electrons. The normalized spacial score (nSPS) is 14.4. The average molecular weight is 952 g/mol. The molecule has 2 aromatic rings. The van der Waals surface area contributed by atoms with Crippen LogP contribution in [0.3, 0.4) is 0 Å². The first-order chi connectivity index (χ1) is 32.2. The number of hydrogen-bond acceptors (Lipinski definition) is 12. The molecule has 8 amide bonds. The van der Waals surface area contributed by atoms with Crippen LogP contribution in [-0.4, -0.2) is 120 Å². The van der Waals surface area contributed by atoms with Gasteiger partial charge in [0.1, 0.15) is 36.3 Å². The molecule has 0 bridgehead atoms. The monoisotopic (exact) mass is 952 g/mol. The Kier molecular flexibility index (Phi) is 25.3. The second-order valence-electron chi connectivity index (χ2n) is 16.4. The smallest absolute Gasteiger partial charge is 0.303 e. The Bertz CT molecular complexity index is 2020.